The second kappa shape index (κ2) is 4.63. The number of hydrogen-bond donors (Lipinski definition) is 2. The largest absolute Gasteiger partial charge is 0.329 e. The summed E-state index contributed by atoms with van der Waals surface area (Å²) in [6, 6.07) is 0.603. The maximum absolute atomic E-state index is 5.87. The molecular weight excluding hydrogens is 172 g/mol. The van der Waals surface area contributed by atoms with E-state index in [0.29, 0.717) is 6.04 Å². The zero-order chi connectivity index (χ0) is 10.8. The predicted molar refractivity (Wildman–Crippen MR) is 62.2 cm³/mol. The van der Waals surface area contributed by atoms with Crippen molar-refractivity contribution in [1.82, 2.24) is 5.32 Å². The fraction of sp³-hybridized carbons (Fsp3) is 1.00. The molecule has 2 nitrogen and oxygen atoms in total. The van der Waals surface area contributed by atoms with E-state index in [-0.39, 0.29) is 5.54 Å². The third-order valence-electron chi connectivity index (χ3n) is 3.80. The molecule has 84 valence electrons. The molecule has 0 radical (unpaired) electrons. The van der Waals surface area contributed by atoms with Crippen molar-refractivity contribution in [2.24, 2.45) is 17.6 Å². The van der Waals surface area contributed by atoms with E-state index in [9.17, 15) is 0 Å². The first-order valence-corrected chi connectivity index (χ1v) is 6.00. The van der Waals surface area contributed by atoms with Crippen LogP contribution >= 0.6 is 0 Å². The summed E-state index contributed by atoms with van der Waals surface area (Å²) in [7, 11) is 0. The van der Waals surface area contributed by atoms with Gasteiger partial charge in [0.25, 0.3) is 0 Å². The van der Waals surface area contributed by atoms with Gasteiger partial charge in [-0.3, -0.25) is 0 Å². The van der Waals surface area contributed by atoms with Crippen molar-refractivity contribution in [3.05, 3.63) is 0 Å². The highest BCUT2D eigenvalue weighted by Gasteiger charge is 2.44. The van der Waals surface area contributed by atoms with Crippen molar-refractivity contribution in [3.63, 3.8) is 0 Å². The minimum Gasteiger partial charge on any atom is -0.329 e. The zero-order valence-corrected chi connectivity index (χ0v) is 10.1. The van der Waals surface area contributed by atoms with Gasteiger partial charge in [0.1, 0.15) is 0 Å². The van der Waals surface area contributed by atoms with E-state index in [1.807, 2.05) is 0 Å². The predicted octanol–water partition coefficient (Wildman–Crippen LogP) is 2.14. The van der Waals surface area contributed by atoms with Gasteiger partial charge >= 0.3 is 0 Å². The van der Waals surface area contributed by atoms with Gasteiger partial charge in [-0.15, -0.1) is 0 Å². The summed E-state index contributed by atoms with van der Waals surface area (Å²) >= 11 is 0. The van der Waals surface area contributed by atoms with E-state index in [2.05, 4.69) is 33.0 Å². The van der Waals surface area contributed by atoms with Crippen molar-refractivity contribution in [1.29, 1.82) is 0 Å². The van der Waals surface area contributed by atoms with Gasteiger partial charge in [-0.2, -0.15) is 0 Å². The van der Waals surface area contributed by atoms with Crippen molar-refractivity contribution >= 4 is 0 Å². The Morgan fingerprint density at radius 2 is 1.93 bits per heavy atom. The zero-order valence-electron chi connectivity index (χ0n) is 10.1. The molecule has 0 heterocycles. The Morgan fingerprint density at radius 1 is 1.36 bits per heavy atom. The first kappa shape index (κ1) is 12.0. The average Bonchev–Trinajstić information content (AvgIpc) is 2.09. The van der Waals surface area contributed by atoms with Gasteiger partial charge in [0.05, 0.1) is 0 Å². The first-order valence-electron chi connectivity index (χ1n) is 6.00. The van der Waals surface area contributed by atoms with Gasteiger partial charge in [-0.05, 0) is 38.0 Å². The van der Waals surface area contributed by atoms with Crippen LogP contribution < -0.4 is 11.1 Å². The number of hydrogen-bond acceptors (Lipinski definition) is 2. The SMILES string of the molecule is CCC(C)NC1(CN)CC(C(C)C)C1. The third-order valence-corrected chi connectivity index (χ3v) is 3.80. The Morgan fingerprint density at radius 3 is 2.29 bits per heavy atom. The van der Waals surface area contributed by atoms with Gasteiger partial charge in [0, 0.05) is 18.1 Å². The molecule has 1 unspecified atom stereocenters. The molecule has 14 heavy (non-hydrogen) atoms. The maximum Gasteiger partial charge on any atom is 0.0311 e. The second-order valence-electron chi connectivity index (χ2n) is 5.35. The number of nitrogens with one attached hydrogen (secondary N) is 1. The Hall–Kier alpha value is -0.0800. The average molecular weight is 198 g/mol. The standard InChI is InChI=1S/C12H26N2/c1-5-10(4)14-12(8-13)6-11(7-12)9(2)3/h9-11,14H,5-8,13H2,1-4H3. The number of rotatable bonds is 5. The van der Waals surface area contributed by atoms with Crippen LogP contribution in [0.5, 0.6) is 0 Å². The molecule has 0 aromatic rings. The molecule has 0 amide bonds. The van der Waals surface area contributed by atoms with Crippen LogP contribution in [0.4, 0.5) is 0 Å². The van der Waals surface area contributed by atoms with Crippen LogP contribution in [0.2, 0.25) is 0 Å². The normalized spacial score (nSPS) is 34.3. The molecule has 0 aliphatic heterocycles. The Balaban J connectivity index is 2.40. The van der Waals surface area contributed by atoms with Gasteiger partial charge < -0.3 is 11.1 Å². The van der Waals surface area contributed by atoms with Crippen LogP contribution in [-0.2, 0) is 0 Å². The molecule has 1 fully saturated rings. The van der Waals surface area contributed by atoms with Crippen LogP contribution in [0.15, 0.2) is 0 Å². The van der Waals surface area contributed by atoms with Crippen LogP contribution in [0.3, 0.4) is 0 Å². The summed E-state index contributed by atoms with van der Waals surface area (Å²) in [5.74, 6) is 1.70. The molecule has 0 aromatic carbocycles. The van der Waals surface area contributed by atoms with E-state index < -0.39 is 0 Å². The van der Waals surface area contributed by atoms with Crippen molar-refractivity contribution in [2.75, 3.05) is 6.54 Å². The lowest BCUT2D eigenvalue weighted by Gasteiger charge is -2.51. The Bertz CT molecular complexity index is 171. The van der Waals surface area contributed by atoms with Crippen molar-refractivity contribution in [2.45, 2.75) is 58.5 Å². The highest BCUT2D eigenvalue weighted by Crippen LogP contribution is 2.41. The van der Waals surface area contributed by atoms with Gasteiger partial charge in [-0.1, -0.05) is 20.8 Å². The lowest BCUT2D eigenvalue weighted by molar-refractivity contribution is 0.0670. The summed E-state index contributed by atoms with van der Waals surface area (Å²) in [4.78, 5) is 0. The molecule has 0 aromatic heterocycles. The van der Waals surface area contributed by atoms with Crippen molar-refractivity contribution in [3.8, 4) is 0 Å². The summed E-state index contributed by atoms with van der Waals surface area (Å²) in [6.45, 7) is 9.89. The molecule has 2 heteroatoms. The van der Waals surface area contributed by atoms with Gasteiger partial charge in [0.15, 0.2) is 0 Å². The summed E-state index contributed by atoms with van der Waals surface area (Å²) in [5, 5.41) is 3.69. The van der Waals surface area contributed by atoms with Gasteiger partial charge in [-0.25, -0.2) is 0 Å². The lowest BCUT2D eigenvalue weighted by Crippen LogP contribution is -2.62. The molecule has 1 aliphatic carbocycles. The van der Waals surface area contributed by atoms with E-state index >= 15 is 0 Å². The monoisotopic (exact) mass is 198 g/mol. The molecule has 1 atom stereocenters. The number of nitrogens with two attached hydrogens (primary N) is 1. The first-order chi connectivity index (χ1) is 6.53. The molecule has 1 saturated carbocycles. The Kier molecular flexibility index (Phi) is 3.96. The van der Waals surface area contributed by atoms with Gasteiger partial charge in [0.2, 0.25) is 0 Å². The second-order valence-corrected chi connectivity index (χ2v) is 5.35. The van der Waals surface area contributed by atoms with Crippen LogP contribution in [-0.4, -0.2) is 18.1 Å². The highest BCUT2D eigenvalue weighted by molar-refractivity contribution is 5.03. The topological polar surface area (TPSA) is 38.0 Å². The quantitative estimate of drug-likeness (QED) is 0.710. The fourth-order valence-corrected chi connectivity index (χ4v) is 2.38. The molecule has 1 rings (SSSR count). The summed E-state index contributed by atoms with van der Waals surface area (Å²) in [5.41, 5.74) is 6.14. The van der Waals surface area contributed by atoms with E-state index in [0.717, 1.165) is 18.4 Å². The van der Waals surface area contributed by atoms with Crippen LogP contribution in [0.1, 0.15) is 47.0 Å². The highest BCUT2D eigenvalue weighted by atomic mass is 15.0. The molecule has 0 saturated heterocycles. The molecular formula is C12H26N2. The molecule has 3 N–H and O–H groups in total. The minimum absolute atomic E-state index is 0.268. The fourth-order valence-electron chi connectivity index (χ4n) is 2.38. The van der Waals surface area contributed by atoms with E-state index in [1.165, 1.54) is 19.3 Å². The van der Waals surface area contributed by atoms with E-state index in [1.54, 1.807) is 0 Å². The summed E-state index contributed by atoms with van der Waals surface area (Å²) in [6.07, 6.45) is 3.73. The molecule has 1 aliphatic rings. The summed E-state index contributed by atoms with van der Waals surface area (Å²) < 4.78 is 0. The molecule has 0 bridgehead atoms. The van der Waals surface area contributed by atoms with Crippen LogP contribution in [0.25, 0.3) is 0 Å². The minimum atomic E-state index is 0.268. The lowest BCUT2D eigenvalue weighted by atomic mass is 9.63. The Labute approximate surface area is 88.6 Å². The maximum atomic E-state index is 5.87. The van der Waals surface area contributed by atoms with Crippen molar-refractivity contribution < 1.29 is 0 Å². The third kappa shape index (κ3) is 2.48. The smallest absolute Gasteiger partial charge is 0.0311 e. The van der Waals surface area contributed by atoms with Crippen LogP contribution in [0, 0.1) is 11.8 Å². The molecule has 0 spiro atoms. The van der Waals surface area contributed by atoms with E-state index in [4.69, 9.17) is 5.73 Å².